The number of halogens is 1. The van der Waals surface area contributed by atoms with Gasteiger partial charge in [0, 0.05) is 26.2 Å². The molecular weight excluding hydrogens is 318 g/mol. The number of carbonyl (C=O) groups excluding carboxylic acids is 2. The van der Waals surface area contributed by atoms with Crippen LogP contribution in [0.15, 0.2) is 0 Å². The Morgan fingerprint density at radius 3 is 2.48 bits per heavy atom. The maximum absolute atomic E-state index is 12.6. The Morgan fingerprint density at radius 2 is 1.87 bits per heavy atom. The van der Waals surface area contributed by atoms with E-state index in [1.54, 1.807) is 4.90 Å². The molecule has 3 atom stereocenters. The Balaban J connectivity index is 0.00000264. The highest BCUT2D eigenvalue weighted by molar-refractivity contribution is 5.85. The Hall–Kier alpha value is -0.850. The highest BCUT2D eigenvalue weighted by Gasteiger charge is 2.34. The number of likely N-dealkylation sites (tertiary alicyclic amines) is 1. The van der Waals surface area contributed by atoms with Crippen molar-refractivity contribution in [1.29, 1.82) is 0 Å². The van der Waals surface area contributed by atoms with E-state index in [2.05, 4.69) is 0 Å². The van der Waals surface area contributed by atoms with Crippen LogP contribution in [0.4, 0.5) is 0 Å². The molecule has 2 aliphatic rings. The minimum absolute atomic E-state index is 0. The quantitative estimate of drug-likeness (QED) is 0.819. The average molecular weight is 348 g/mol. The van der Waals surface area contributed by atoms with Crippen molar-refractivity contribution in [3.63, 3.8) is 0 Å². The minimum Gasteiger partial charge on any atom is -0.378 e. The maximum Gasteiger partial charge on any atom is 0.239 e. The molecule has 6 nitrogen and oxygen atoms in total. The summed E-state index contributed by atoms with van der Waals surface area (Å²) >= 11 is 0. The van der Waals surface area contributed by atoms with Crippen LogP contribution in [0.2, 0.25) is 0 Å². The number of ether oxygens (including phenoxy) is 1. The maximum atomic E-state index is 12.6. The van der Waals surface area contributed by atoms with Gasteiger partial charge in [0.05, 0.1) is 25.2 Å². The van der Waals surface area contributed by atoms with Gasteiger partial charge in [0.25, 0.3) is 0 Å². The molecule has 3 unspecified atom stereocenters. The summed E-state index contributed by atoms with van der Waals surface area (Å²) in [6, 6.07) is -0.456. The zero-order chi connectivity index (χ0) is 16.1. The molecule has 0 radical (unpaired) electrons. The molecule has 0 spiro atoms. The number of amides is 2. The largest absolute Gasteiger partial charge is 0.378 e. The summed E-state index contributed by atoms with van der Waals surface area (Å²) in [6.45, 7) is 7.82. The van der Waals surface area contributed by atoms with E-state index in [1.807, 2.05) is 18.7 Å². The van der Waals surface area contributed by atoms with Gasteiger partial charge in [0.1, 0.15) is 0 Å². The molecule has 23 heavy (non-hydrogen) atoms. The molecule has 0 aromatic heterocycles. The molecule has 2 saturated heterocycles. The van der Waals surface area contributed by atoms with Crippen LogP contribution in [0.1, 0.15) is 33.1 Å². The molecule has 2 heterocycles. The van der Waals surface area contributed by atoms with Gasteiger partial charge >= 0.3 is 0 Å². The van der Waals surface area contributed by atoms with Crippen molar-refractivity contribution in [3.05, 3.63) is 0 Å². The van der Waals surface area contributed by atoms with Gasteiger partial charge in [-0.1, -0.05) is 20.3 Å². The molecule has 0 aromatic carbocycles. The normalized spacial score (nSPS) is 24.6. The molecule has 2 aliphatic heterocycles. The van der Waals surface area contributed by atoms with Crippen LogP contribution in [0.5, 0.6) is 0 Å². The van der Waals surface area contributed by atoms with E-state index in [-0.39, 0.29) is 36.1 Å². The molecule has 134 valence electrons. The molecule has 2 fully saturated rings. The van der Waals surface area contributed by atoms with Gasteiger partial charge < -0.3 is 20.3 Å². The number of nitrogens with zero attached hydrogens (tertiary/aromatic N) is 2. The third-order valence-electron chi connectivity index (χ3n) is 4.95. The summed E-state index contributed by atoms with van der Waals surface area (Å²) < 4.78 is 5.29. The van der Waals surface area contributed by atoms with Gasteiger partial charge in [-0.05, 0) is 18.8 Å². The second-order valence-corrected chi connectivity index (χ2v) is 6.47. The van der Waals surface area contributed by atoms with Crippen molar-refractivity contribution >= 4 is 24.2 Å². The Morgan fingerprint density at radius 1 is 1.22 bits per heavy atom. The van der Waals surface area contributed by atoms with Crippen LogP contribution < -0.4 is 5.73 Å². The van der Waals surface area contributed by atoms with Gasteiger partial charge in [0.2, 0.25) is 11.8 Å². The topological polar surface area (TPSA) is 75.9 Å². The van der Waals surface area contributed by atoms with Gasteiger partial charge in [-0.15, -0.1) is 12.4 Å². The summed E-state index contributed by atoms with van der Waals surface area (Å²) in [7, 11) is 0. The predicted octanol–water partition coefficient (Wildman–Crippen LogP) is 0.879. The second kappa shape index (κ2) is 9.45. The molecule has 2 rings (SSSR count). The highest BCUT2D eigenvalue weighted by atomic mass is 35.5. The first-order chi connectivity index (χ1) is 10.5. The highest BCUT2D eigenvalue weighted by Crippen LogP contribution is 2.21. The van der Waals surface area contributed by atoms with Crippen molar-refractivity contribution in [2.24, 2.45) is 17.6 Å². The van der Waals surface area contributed by atoms with Crippen LogP contribution in [-0.2, 0) is 14.3 Å². The van der Waals surface area contributed by atoms with E-state index in [9.17, 15) is 9.59 Å². The predicted molar refractivity (Wildman–Crippen MR) is 91.4 cm³/mol. The summed E-state index contributed by atoms with van der Waals surface area (Å²) in [5.74, 6) is 0.245. The summed E-state index contributed by atoms with van der Waals surface area (Å²) in [5.41, 5.74) is 6.06. The molecule has 0 bridgehead atoms. The SMILES string of the molecule is CCC(C)C(N)C(=O)N1CCCC(C(=O)N2CCOCC2)C1.Cl. The molecule has 0 aromatic rings. The van der Waals surface area contributed by atoms with Gasteiger partial charge in [-0.3, -0.25) is 9.59 Å². The van der Waals surface area contributed by atoms with Crippen molar-refractivity contribution < 1.29 is 14.3 Å². The van der Waals surface area contributed by atoms with Crippen LogP contribution in [0, 0.1) is 11.8 Å². The summed E-state index contributed by atoms with van der Waals surface area (Å²) in [4.78, 5) is 28.7. The number of morpholine rings is 1. The summed E-state index contributed by atoms with van der Waals surface area (Å²) in [6.07, 6.45) is 2.62. The standard InChI is InChI=1S/C16H29N3O3.ClH/c1-3-12(2)14(17)16(21)19-6-4-5-13(11-19)15(20)18-7-9-22-10-8-18;/h12-14H,3-11,17H2,1-2H3;1H. The third kappa shape index (κ3) is 5.06. The fraction of sp³-hybridized carbons (Fsp3) is 0.875. The van der Waals surface area contributed by atoms with E-state index >= 15 is 0 Å². The van der Waals surface area contributed by atoms with E-state index in [1.165, 1.54) is 0 Å². The zero-order valence-corrected chi connectivity index (χ0v) is 15.0. The van der Waals surface area contributed by atoms with E-state index in [0.29, 0.717) is 32.8 Å². The second-order valence-electron chi connectivity index (χ2n) is 6.47. The molecule has 0 aliphatic carbocycles. The number of carbonyl (C=O) groups is 2. The average Bonchev–Trinajstić information content (AvgIpc) is 2.59. The van der Waals surface area contributed by atoms with Crippen LogP contribution in [0.3, 0.4) is 0 Å². The van der Waals surface area contributed by atoms with Crippen LogP contribution >= 0.6 is 12.4 Å². The fourth-order valence-electron chi connectivity index (χ4n) is 3.13. The molecule has 2 N–H and O–H groups in total. The van der Waals surface area contributed by atoms with Crippen LogP contribution in [0.25, 0.3) is 0 Å². The fourth-order valence-corrected chi connectivity index (χ4v) is 3.13. The number of hydrogen-bond donors (Lipinski definition) is 1. The number of hydrogen-bond acceptors (Lipinski definition) is 4. The van der Waals surface area contributed by atoms with E-state index < -0.39 is 6.04 Å². The van der Waals surface area contributed by atoms with E-state index in [0.717, 1.165) is 25.8 Å². The Labute approximate surface area is 145 Å². The van der Waals surface area contributed by atoms with Crippen molar-refractivity contribution in [2.45, 2.75) is 39.2 Å². The van der Waals surface area contributed by atoms with Gasteiger partial charge in [-0.25, -0.2) is 0 Å². The smallest absolute Gasteiger partial charge is 0.239 e. The van der Waals surface area contributed by atoms with Gasteiger partial charge in [0.15, 0.2) is 0 Å². The lowest BCUT2D eigenvalue weighted by Gasteiger charge is -2.37. The third-order valence-corrected chi connectivity index (χ3v) is 4.95. The van der Waals surface area contributed by atoms with Gasteiger partial charge in [-0.2, -0.15) is 0 Å². The summed E-state index contributed by atoms with van der Waals surface area (Å²) in [5, 5.41) is 0. The first-order valence-electron chi connectivity index (χ1n) is 8.45. The minimum atomic E-state index is -0.456. The van der Waals surface area contributed by atoms with Crippen molar-refractivity contribution in [2.75, 3.05) is 39.4 Å². The molecule has 2 amide bonds. The molecule has 7 heteroatoms. The zero-order valence-electron chi connectivity index (χ0n) is 14.2. The lowest BCUT2D eigenvalue weighted by atomic mass is 9.93. The first kappa shape index (κ1) is 20.2. The van der Waals surface area contributed by atoms with E-state index in [4.69, 9.17) is 10.5 Å². The van der Waals surface area contributed by atoms with Crippen molar-refractivity contribution in [1.82, 2.24) is 9.80 Å². The molecule has 0 saturated carbocycles. The Kier molecular flexibility index (Phi) is 8.29. The monoisotopic (exact) mass is 347 g/mol. The van der Waals surface area contributed by atoms with Crippen molar-refractivity contribution in [3.8, 4) is 0 Å². The number of rotatable bonds is 4. The van der Waals surface area contributed by atoms with Crippen LogP contribution in [-0.4, -0.2) is 67.0 Å². The molecular formula is C16H30ClN3O3. The Bertz CT molecular complexity index is 382. The first-order valence-corrected chi connectivity index (χ1v) is 8.45. The number of piperidine rings is 1. The number of nitrogens with two attached hydrogens (primary N) is 1. The lowest BCUT2D eigenvalue weighted by molar-refractivity contribution is -0.144. The lowest BCUT2D eigenvalue weighted by Crippen LogP contribution is -2.53.